The van der Waals surface area contributed by atoms with Crippen molar-refractivity contribution in [2.24, 2.45) is 0 Å². The smallest absolute Gasteiger partial charge is 0.270 e. The van der Waals surface area contributed by atoms with Crippen LogP contribution in [-0.4, -0.2) is 36.5 Å². The van der Waals surface area contributed by atoms with E-state index in [-0.39, 0.29) is 29.2 Å². The van der Waals surface area contributed by atoms with Crippen molar-refractivity contribution in [1.82, 2.24) is 15.6 Å². The molecular weight excluding hydrogens is 330 g/mol. The summed E-state index contributed by atoms with van der Waals surface area (Å²) in [7, 11) is 1.62. The lowest BCUT2D eigenvalue weighted by atomic mass is 10.1. The van der Waals surface area contributed by atoms with Gasteiger partial charge in [-0.1, -0.05) is 25.1 Å². The lowest BCUT2D eigenvalue weighted by molar-refractivity contribution is 0.0933. The van der Waals surface area contributed by atoms with Crippen LogP contribution >= 0.6 is 0 Å². The fourth-order valence-corrected chi connectivity index (χ4v) is 2.33. The molecule has 6 heteroatoms. The molecule has 0 aliphatic heterocycles. The van der Waals surface area contributed by atoms with E-state index in [4.69, 9.17) is 4.74 Å². The van der Waals surface area contributed by atoms with Crippen molar-refractivity contribution in [2.45, 2.75) is 32.7 Å². The lowest BCUT2D eigenvalue weighted by Crippen LogP contribution is -2.33. The van der Waals surface area contributed by atoms with Crippen LogP contribution in [0.1, 0.15) is 46.8 Å². The van der Waals surface area contributed by atoms with Crippen LogP contribution in [0.25, 0.3) is 0 Å². The number of carbonyl (C=O) groups is 2. The van der Waals surface area contributed by atoms with Crippen LogP contribution in [0.4, 0.5) is 0 Å². The maximum Gasteiger partial charge on any atom is 0.270 e. The SMILES string of the molecule is CCC(C)NC(=O)c1cccc(C(=O)NCCc2cccc(OC)c2)n1. The van der Waals surface area contributed by atoms with Crippen LogP contribution in [0.5, 0.6) is 5.75 Å². The first-order chi connectivity index (χ1) is 12.5. The second-order valence-corrected chi connectivity index (χ2v) is 6.05. The minimum atomic E-state index is -0.300. The van der Waals surface area contributed by atoms with Gasteiger partial charge in [0, 0.05) is 12.6 Å². The van der Waals surface area contributed by atoms with Gasteiger partial charge in [0.15, 0.2) is 0 Å². The molecule has 26 heavy (non-hydrogen) atoms. The second-order valence-electron chi connectivity index (χ2n) is 6.05. The van der Waals surface area contributed by atoms with Gasteiger partial charge in [-0.2, -0.15) is 0 Å². The van der Waals surface area contributed by atoms with Crippen LogP contribution in [0.15, 0.2) is 42.5 Å². The minimum absolute atomic E-state index is 0.0599. The Morgan fingerprint density at radius 1 is 1.12 bits per heavy atom. The zero-order chi connectivity index (χ0) is 18.9. The number of rotatable bonds is 8. The molecular formula is C20H25N3O3. The zero-order valence-electron chi connectivity index (χ0n) is 15.4. The molecule has 0 aliphatic carbocycles. The number of hydrogen-bond donors (Lipinski definition) is 2. The average molecular weight is 355 g/mol. The molecule has 2 rings (SSSR count). The number of nitrogens with one attached hydrogen (secondary N) is 2. The lowest BCUT2D eigenvalue weighted by Gasteiger charge is -2.11. The number of aromatic nitrogens is 1. The summed E-state index contributed by atoms with van der Waals surface area (Å²) < 4.78 is 5.19. The molecule has 0 spiro atoms. The topological polar surface area (TPSA) is 80.3 Å². The van der Waals surface area contributed by atoms with Crippen molar-refractivity contribution in [3.63, 3.8) is 0 Å². The first kappa shape index (κ1) is 19.4. The van der Waals surface area contributed by atoms with Crippen molar-refractivity contribution >= 4 is 11.8 Å². The van der Waals surface area contributed by atoms with Gasteiger partial charge in [-0.15, -0.1) is 0 Å². The van der Waals surface area contributed by atoms with Crippen molar-refractivity contribution in [3.8, 4) is 5.75 Å². The molecule has 1 atom stereocenters. The minimum Gasteiger partial charge on any atom is -0.497 e. The van der Waals surface area contributed by atoms with E-state index in [0.29, 0.717) is 13.0 Å². The Hall–Kier alpha value is -2.89. The van der Waals surface area contributed by atoms with Crippen LogP contribution < -0.4 is 15.4 Å². The highest BCUT2D eigenvalue weighted by Crippen LogP contribution is 2.12. The first-order valence-electron chi connectivity index (χ1n) is 8.72. The number of hydrogen-bond acceptors (Lipinski definition) is 4. The van der Waals surface area contributed by atoms with Gasteiger partial charge in [0.2, 0.25) is 0 Å². The van der Waals surface area contributed by atoms with Gasteiger partial charge >= 0.3 is 0 Å². The molecule has 1 aromatic carbocycles. The standard InChI is InChI=1S/C20H25N3O3/c1-4-14(2)22-20(25)18-10-6-9-17(23-18)19(24)21-12-11-15-7-5-8-16(13-15)26-3/h5-10,13-14H,4,11-12H2,1-3H3,(H,21,24)(H,22,25). The predicted octanol–water partition coefficient (Wildman–Crippen LogP) is 2.59. The molecule has 1 unspecified atom stereocenters. The molecule has 138 valence electrons. The summed E-state index contributed by atoms with van der Waals surface area (Å²) in [5.41, 5.74) is 1.54. The van der Waals surface area contributed by atoms with E-state index >= 15 is 0 Å². The molecule has 1 aromatic heterocycles. The van der Waals surface area contributed by atoms with Gasteiger partial charge in [-0.3, -0.25) is 9.59 Å². The third kappa shape index (κ3) is 5.58. The average Bonchev–Trinajstić information content (AvgIpc) is 2.68. The van der Waals surface area contributed by atoms with Crippen LogP contribution in [0, 0.1) is 0 Å². The summed E-state index contributed by atoms with van der Waals surface area (Å²) in [5, 5.41) is 5.67. The van der Waals surface area contributed by atoms with Gasteiger partial charge < -0.3 is 15.4 Å². The predicted molar refractivity (Wildman–Crippen MR) is 100 cm³/mol. The van der Waals surface area contributed by atoms with Crippen LogP contribution in [0.3, 0.4) is 0 Å². The zero-order valence-corrected chi connectivity index (χ0v) is 15.4. The van der Waals surface area contributed by atoms with Gasteiger partial charge in [0.05, 0.1) is 7.11 Å². The number of methoxy groups -OCH3 is 1. The van der Waals surface area contributed by atoms with Crippen molar-refractivity contribution in [3.05, 3.63) is 59.4 Å². The molecule has 0 fully saturated rings. The largest absolute Gasteiger partial charge is 0.497 e. The molecule has 2 amide bonds. The Bertz CT molecular complexity index is 761. The van der Waals surface area contributed by atoms with E-state index in [1.54, 1.807) is 25.3 Å². The van der Waals surface area contributed by atoms with Crippen molar-refractivity contribution < 1.29 is 14.3 Å². The summed E-state index contributed by atoms with van der Waals surface area (Å²) in [6.45, 7) is 4.38. The summed E-state index contributed by atoms with van der Waals surface area (Å²) in [5.74, 6) is 0.215. The second kappa shape index (κ2) is 9.56. The van der Waals surface area contributed by atoms with Gasteiger partial charge in [0.1, 0.15) is 17.1 Å². The number of nitrogens with zero attached hydrogens (tertiary/aromatic N) is 1. The van der Waals surface area contributed by atoms with E-state index < -0.39 is 0 Å². The highest BCUT2D eigenvalue weighted by molar-refractivity contribution is 5.96. The molecule has 1 heterocycles. The summed E-state index contributed by atoms with van der Waals surface area (Å²) in [6, 6.07) is 12.6. The molecule has 0 aliphatic rings. The molecule has 6 nitrogen and oxygen atoms in total. The molecule has 2 N–H and O–H groups in total. The van der Waals surface area contributed by atoms with Gasteiger partial charge in [-0.05, 0) is 49.6 Å². The monoisotopic (exact) mass is 355 g/mol. The number of amides is 2. The Labute approximate surface area is 154 Å². The highest BCUT2D eigenvalue weighted by atomic mass is 16.5. The Morgan fingerprint density at radius 3 is 2.50 bits per heavy atom. The number of carbonyl (C=O) groups excluding carboxylic acids is 2. The van der Waals surface area contributed by atoms with Crippen molar-refractivity contribution in [2.75, 3.05) is 13.7 Å². The van der Waals surface area contributed by atoms with E-state index in [2.05, 4.69) is 15.6 Å². The maximum absolute atomic E-state index is 12.3. The van der Waals surface area contributed by atoms with E-state index in [1.165, 1.54) is 0 Å². The molecule has 0 saturated carbocycles. The fraction of sp³-hybridized carbons (Fsp3) is 0.350. The Morgan fingerprint density at radius 2 is 1.81 bits per heavy atom. The summed E-state index contributed by atoms with van der Waals surface area (Å²) >= 11 is 0. The third-order valence-corrected chi connectivity index (χ3v) is 4.04. The Kier molecular flexibility index (Phi) is 7.14. The van der Waals surface area contributed by atoms with Gasteiger partial charge in [-0.25, -0.2) is 4.98 Å². The molecule has 2 aromatic rings. The van der Waals surface area contributed by atoms with E-state index in [0.717, 1.165) is 17.7 Å². The fourth-order valence-electron chi connectivity index (χ4n) is 2.33. The first-order valence-corrected chi connectivity index (χ1v) is 8.72. The van der Waals surface area contributed by atoms with Crippen molar-refractivity contribution in [1.29, 1.82) is 0 Å². The van der Waals surface area contributed by atoms with Crippen LogP contribution in [0.2, 0.25) is 0 Å². The summed E-state index contributed by atoms with van der Waals surface area (Å²) in [6.07, 6.45) is 1.51. The number of ether oxygens (including phenoxy) is 1. The highest BCUT2D eigenvalue weighted by Gasteiger charge is 2.13. The molecule has 0 radical (unpaired) electrons. The van der Waals surface area contributed by atoms with Gasteiger partial charge in [0.25, 0.3) is 11.8 Å². The molecule has 0 bridgehead atoms. The number of pyridine rings is 1. The normalized spacial score (nSPS) is 11.5. The third-order valence-electron chi connectivity index (χ3n) is 4.04. The van der Waals surface area contributed by atoms with E-state index in [9.17, 15) is 9.59 Å². The quantitative estimate of drug-likeness (QED) is 0.763. The molecule has 0 saturated heterocycles. The summed E-state index contributed by atoms with van der Waals surface area (Å²) in [4.78, 5) is 28.6. The maximum atomic E-state index is 12.3. The Balaban J connectivity index is 1.92. The van der Waals surface area contributed by atoms with Crippen LogP contribution in [-0.2, 0) is 6.42 Å². The number of benzene rings is 1. The van der Waals surface area contributed by atoms with E-state index in [1.807, 2.05) is 38.1 Å².